The van der Waals surface area contributed by atoms with Gasteiger partial charge in [0, 0.05) is 46.6 Å². The fourth-order valence-electron chi connectivity index (χ4n) is 3.20. The van der Waals surface area contributed by atoms with Gasteiger partial charge in [-0.2, -0.15) is 0 Å². The number of hydrogen-bond donors (Lipinski definition) is 4. The van der Waals surface area contributed by atoms with E-state index in [1.54, 1.807) is 13.8 Å². The number of aliphatic carboxylic acids is 1. The minimum Gasteiger partial charge on any atom is -0.478 e. The van der Waals surface area contributed by atoms with E-state index in [4.69, 9.17) is 20.4 Å². The third-order valence-corrected chi connectivity index (χ3v) is 5.39. The topological polar surface area (TPSA) is 98.0 Å². The van der Waals surface area contributed by atoms with E-state index < -0.39 is 5.97 Å². The van der Waals surface area contributed by atoms with Gasteiger partial charge in [-0.3, -0.25) is 0 Å². The van der Waals surface area contributed by atoms with E-state index in [0.717, 1.165) is 12.8 Å². The molecule has 6 heteroatoms. The number of rotatable bonds is 21. The van der Waals surface area contributed by atoms with Gasteiger partial charge in [-0.05, 0) is 33.6 Å². The number of hydrogen-bond acceptors (Lipinski definition) is 4. The molecule has 0 aromatic carbocycles. The first-order valence-corrected chi connectivity index (χ1v) is 15.0. The van der Waals surface area contributed by atoms with Crippen LogP contribution in [0.5, 0.6) is 0 Å². The van der Waals surface area contributed by atoms with Crippen LogP contribution in [0, 0.1) is 0 Å². The first-order valence-electron chi connectivity index (χ1n) is 15.0. The van der Waals surface area contributed by atoms with Gasteiger partial charge < -0.3 is 20.4 Å². The van der Waals surface area contributed by atoms with E-state index in [2.05, 4.69) is 20.4 Å². The van der Waals surface area contributed by atoms with Crippen molar-refractivity contribution < 1.29 is 46.9 Å². The Kier molecular flexibility index (Phi) is 57.6. The molecule has 0 unspecified atom stereocenters. The fraction of sp³-hybridized carbons (Fsp3) is 0.903. The summed E-state index contributed by atoms with van der Waals surface area (Å²) in [4.78, 5) is 9.60. The van der Waals surface area contributed by atoms with Gasteiger partial charge in [0.05, 0.1) is 0 Å². The van der Waals surface area contributed by atoms with Gasteiger partial charge in [0.15, 0.2) is 0 Å². The van der Waals surface area contributed by atoms with Gasteiger partial charge in [0.25, 0.3) is 0 Å². The second kappa shape index (κ2) is 45.7. The van der Waals surface area contributed by atoms with Crippen LogP contribution in [0.1, 0.15) is 163 Å². The molecule has 0 aliphatic heterocycles. The molecule has 0 spiro atoms. The van der Waals surface area contributed by atoms with Crippen LogP contribution < -0.4 is 0 Å². The van der Waals surface area contributed by atoms with Crippen LogP contribution in [0.3, 0.4) is 0 Å². The predicted octanol–water partition coefficient (Wildman–Crippen LogP) is 8.83. The molecule has 0 aromatic rings. The monoisotopic (exact) mass is 566 g/mol. The number of carbonyl (C=O) groups is 1. The summed E-state index contributed by atoms with van der Waals surface area (Å²) in [7, 11) is 0. The van der Waals surface area contributed by atoms with Crippen molar-refractivity contribution in [3.8, 4) is 0 Å². The number of carboxylic acids is 1. The second-order valence-corrected chi connectivity index (χ2v) is 9.99. The van der Waals surface area contributed by atoms with Crippen LogP contribution in [-0.2, 0) is 26.5 Å². The van der Waals surface area contributed by atoms with E-state index in [-0.39, 0.29) is 33.4 Å². The maximum Gasteiger partial charge on any atom is 0.330 e. The largest absolute Gasteiger partial charge is 0.478 e. The van der Waals surface area contributed by atoms with Crippen LogP contribution in [0.2, 0.25) is 0 Å². The molecule has 0 saturated heterocycles. The third-order valence-electron chi connectivity index (χ3n) is 5.39. The third kappa shape index (κ3) is 72.2. The zero-order chi connectivity index (χ0) is 28.3. The molecule has 0 rings (SSSR count). The van der Waals surface area contributed by atoms with E-state index in [1.165, 1.54) is 122 Å². The van der Waals surface area contributed by atoms with Crippen molar-refractivity contribution >= 4 is 5.97 Å². The summed E-state index contributed by atoms with van der Waals surface area (Å²) in [6.45, 7) is 13.3. The molecule has 0 aliphatic rings. The fourth-order valence-corrected chi connectivity index (χ4v) is 3.20. The van der Waals surface area contributed by atoms with Gasteiger partial charge in [-0.25, -0.2) is 4.79 Å². The molecule has 0 radical (unpaired) electrons. The Labute approximate surface area is 246 Å². The molecule has 4 N–H and O–H groups in total. The summed E-state index contributed by atoms with van der Waals surface area (Å²) in [6.07, 6.45) is 26.4. The van der Waals surface area contributed by atoms with E-state index in [9.17, 15) is 4.79 Å². The number of unbranched alkanes of at least 4 members (excludes halogenated alkanes) is 18. The zero-order valence-corrected chi connectivity index (χ0v) is 27.1. The average Bonchev–Trinajstić information content (AvgIpc) is 2.82. The molecule has 37 heavy (non-hydrogen) atoms. The molecule has 0 aliphatic carbocycles. The Morgan fingerprint density at radius 3 is 0.892 bits per heavy atom. The van der Waals surface area contributed by atoms with Crippen molar-refractivity contribution in [3.63, 3.8) is 0 Å². The molecular weight excluding hydrogens is 500 g/mol. The summed E-state index contributed by atoms with van der Waals surface area (Å²) >= 11 is 0. The average molecular weight is 567 g/mol. The second-order valence-electron chi connectivity index (χ2n) is 9.99. The Morgan fingerprint density at radius 1 is 0.595 bits per heavy atom. The number of carboxylic acid groups (broad SMARTS) is 1. The number of aliphatic hydroxyl groups excluding tert-OH is 3. The summed E-state index contributed by atoms with van der Waals surface area (Å²) in [6, 6.07) is 0. The molecule has 0 bridgehead atoms. The Morgan fingerprint density at radius 2 is 0.757 bits per heavy atom. The first kappa shape index (κ1) is 46.6. The number of aliphatic hydroxyl groups is 3. The van der Waals surface area contributed by atoms with Crippen molar-refractivity contribution in [3.05, 3.63) is 12.2 Å². The normalized spacial score (nSPS) is 9.65. The zero-order valence-electron chi connectivity index (χ0n) is 25.5. The summed E-state index contributed by atoms with van der Waals surface area (Å²) < 4.78 is 0. The van der Waals surface area contributed by atoms with Crippen LogP contribution in [0.4, 0.5) is 0 Å². The molecule has 0 aromatic heterocycles. The van der Waals surface area contributed by atoms with Crippen molar-refractivity contribution in [1.29, 1.82) is 0 Å². The smallest absolute Gasteiger partial charge is 0.330 e. The van der Waals surface area contributed by atoms with E-state index in [1.807, 2.05) is 0 Å². The summed E-state index contributed by atoms with van der Waals surface area (Å²) in [5.41, 5.74) is 0.176. The van der Waals surface area contributed by atoms with Crippen LogP contribution in [0.15, 0.2) is 12.2 Å². The predicted molar refractivity (Wildman–Crippen MR) is 158 cm³/mol. The minimum atomic E-state index is -0.935. The molecule has 5 nitrogen and oxygen atoms in total. The Hall–Kier alpha value is -0.196. The SMILES string of the molecule is C=C(C)C(=O)O.CC(C)O.CCCCCCCCCCCCO.CCCCCCCCCCCCO.[Ti]. The van der Waals surface area contributed by atoms with E-state index >= 15 is 0 Å². The molecule has 0 heterocycles. The van der Waals surface area contributed by atoms with Crippen molar-refractivity contribution in [2.24, 2.45) is 0 Å². The molecule has 0 saturated carbocycles. The van der Waals surface area contributed by atoms with Crippen LogP contribution >= 0.6 is 0 Å². The minimum absolute atomic E-state index is 0. The van der Waals surface area contributed by atoms with Gasteiger partial charge in [0.1, 0.15) is 0 Å². The molecular formula is C31H66O5Ti. The Bertz CT molecular complexity index is 346. The molecule has 224 valence electrons. The van der Waals surface area contributed by atoms with Crippen molar-refractivity contribution in [1.82, 2.24) is 0 Å². The van der Waals surface area contributed by atoms with Gasteiger partial charge in [-0.15, -0.1) is 0 Å². The van der Waals surface area contributed by atoms with Crippen LogP contribution in [-0.4, -0.2) is 45.7 Å². The summed E-state index contributed by atoms with van der Waals surface area (Å²) in [5, 5.41) is 33.1. The maximum atomic E-state index is 9.60. The van der Waals surface area contributed by atoms with Crippen LogP contribution in [0.25, 0.3) is 0 Å². The summed E-state index contributed by atoms with van der Waals surface area (Å²) in [5.74, 6) is -0.935. The quantitative estimate of drug-likeness (QED) is 0.0632. The van der Waals surface area contributed by atoms with Gasteiger partial charge in [-0.1, -0.05) is 136 Å². The molecule has 0 amide bonds. The first-order chi connectivity index (χ1) is 17.2. The van der Waals surface area contributed by atoms with Crippen molar-refractivity contribution in [2.45, 2.75) is 169 Å². The maximum absolute atomic E-state index is 9.60. The van der Waals surface area contributed by atoms with Crippen molar-refractivity contribution in [2.75, 3.05) is 13.2 Å². The Balaban J connectivity index is -0.000000134. The molecule has 0 atom stereocenters. The molecule has 0 fully saturated rings. The standard InChI is InChI=1S/2C12H26O.C4H6O2.C3H8O.Ti/c2*1-2-3-4-5-6-7-8-9-10-11-12-13;1-3(2)4(5)6;1-3(2)4;/h2*13H,2-12H2,1H3;1H2,2H3,(H,5,6);3-4H,1-2H3;. The van der Waals surface area contributed by atoms with E-state index in [0.29, 0.717) is 13.2 Å². The van der Waals surface area contributed by atoms with Gasteiger partial charge in [0.2, 0.25) is 0 Å². The van der Waals surface area contributed by atoms with Gasteiger partial charge >= 0.3 is 5.97 Å².